The minimum atomic E-state index is 0.199. The molecule has 0 aliphatic carbocycles. The van der Waals surface area contributed by atoms with Crippen LogP contribution < -0.4 is 0 Å². The van der Waals surface area contributed by atoms with E-state index in [-0.39, 0.29) is 10.8 Å². The molecule has 1 aromatic carbocycles. The van der Waals surface area contributed by atoms with Crippen LogP contribution in [-0.4, -0.2) is 5.38 Å². The van der Waals surface area contributed by atoms with Crippen LogP contribution in [0.5, 0.6) is 0 Å². The fourth-order valence-corrected chi connectivity index (χ4v) is 1.78. The van der Waals surface area contributed by atoms with E-state index in [0.717, 1.165) is 19.3 Å². The number of hydrogen-bond donors (Lipinski definition) is 0. The summed E-state index contributed by atoms with van der Waals surface area (Å²) in [4.78, 5) is 0. The molecule has 0 spiro atoms. The van der Waals surface area contributed by atoms with Gasteiger partial charge in [0.1, 0.15) is 0 Å². The van der Waals surface area contributed by atoms with E-state index in [4.69, 9.17) is 11.6 Å². The van der Waals surface area contributed by atoms with E-state index in [1.165, 1.54) is 11.1 Å². The second-order valence-electron chi connectivity index (χ2n) is 5.54. The maximum Gasteiger partial charge on any atom is 0.0387 e. The van der Waals surface area contributed by atoms with Crippen LogP contribution in [0.3, 0.4) is 0 Å². The molecule has 0 aliphatic rings. The normalized spacial score (nSPS) is 13.8. The molecular weight excluding hydrogens is 216 g/mol. The quantitative estimate of drug-likeness (QED) is 0.659. The number of rotatable bonds is 4. The van der Waals surface area contributed by atoms with E-state index in [2.05, 4.69) is 52.0 Å². The summed E-state index contributed by atoms with van der Waals surface area (Å²) in [5.74, 6) is 0. The Morgan fingerprint density at radius 2 is 1.56 bits per heavy atom. The second-order valence-corrected chi connectivity index (χ2v) is 6.07. The average Bonchev–Trinajstić information content (AvgIpc) is 2.25. The number of alkyl halides is 1. The van der Waals surface area contributed by atoms with Gasteiger partial charge in [0.2, 0.25) is 0 Å². The van der Waals surface area contributed by atoms with E-state index in [1.54, 1.807) is 0 Å². The van der Waals surface area contributed by atoms with Crippen LogP contribution in [0, 0.1) is 5.41 Å². The molecule has 0 nitrogen and oxygen atoms in total. The summed E-state index contributed by atoms with van der Waals surface area (Å²) < 4.78 is 0. The summed E-state index contributed by atoms with van der Waals surface area (Å²) in [6.45, 7) is 8.78. The van der Waals surface area contributed by atoms with Crippen LogP contribution in [0.2, 0.25) is 0 Å². The number of hydrogen-bond acceptors (Lipinski definition) is 0. The van der Waals surface area contributed by atoms with Gasteiger partial charge >= 0.3 is 0 Å². The second kappa shape index (κ2) is 5.72. The molecule has 1 unspecified atom stereocenters. The first-order chi connectivity index (χ1) is 7.43. The maximum absolute atomic E-state index is 6.37. The zero-order valence-corrected chi connectivity index (χ0v) is 11.6. The lowest BCUT2D eigenvalue weighted by molar-refractivity contribution is 0.374. The summed E-state index contributed by atoms with van der Waals surface area (Å²) in [5, 5.41) is 0.248. The summed E-state index contributed by atoms with van der Waals surface area (Å²) >= 11 is 6.37. The third-order valence-electron chi connectivity index (χ3n) is 3.06. The highest BCUT2D eigenvalue weighted by Crippen LogP contribution is 2.28. The van der Waals surface area contributed by atoms with Crippen LogP contribution >= 0.6 is 11.6 Å². The Morgan fingerprint density at radius 1 is 1.06 bits per heavy atom. The van der Waals surface area contributed by atoms with Crippen LogP contribution in [0.15, 0.2) is 24.3 Å². The lowest BCUT2D eigenvalue weighted by atomic mass is 9.88. The standard InChI is InChI=1S/C15H23Cl/c1-5-12-6-8-13(9-7-12)10-11-14(16)15(2,3)4/h6-9,14H,5,10-11H2,1-4H3. The smallest absolute Gasteiger partial charge is 0.0387 e. The van der Waals surface area contributed by atoms with Gasteiger partial charge in [-0.05, 0) is 35.8 Å². The van der Waals surface area contributed by atoms with E-state index in [9.17, 15) is 0 Å². The minimum Gasteiger partial charge on any atom is -0.122 e. The molecule has 0 saturated heterocycles. The zero-order valence-electron chi connectivity index (χ0n) is 10.9. The van der Waals surface area contributed by atoms with Gasteiger partial charge in [-0.25, -0.2) is 0 Å². The molecule has 1 aromatic rings. The number of aryl methyl sites for hydroxylation is 2. The first-order valence-corrected chi connectivity index (χ1v) is 6.59. The first kappa shape index (κ1) is 13.6. The number of benzene rings is 1. The van der Waals surface area contributed by atoms with Crippen molar-refractivity contribution in [3.8, 4) is 0 Å². The van der Waals surface area contributed by atoms with Crippen molar-refractivity contribution in [3.63, 3.8) is 0 Å². The molecule has 1 heteroatoms. The number of halogens is 1. The van der Waals surface area contributed by atoms with Gasteiger partial charge in [-0.3, -0.25) is 0 Å². The van der Waals surface area contributed by atoms with Crippen molar-refractivity contribution < 1.29 is 0 Å². The van der Waals surface area contributed by atoms with E-state index in [0.29, 0.717) is 0 Å². The SMILES string of the molecule is CCc1ccc(CCC(Cl)C(C)(C)C)cc1. The highest BCUT2D eigenvalue weighted by Gasteiger charge is 2.21. The van der Waals surface area contributed by atoms with Gasteiger partial charge in [0.05, 0.1) is 0 Å². The molecule has 0 saturated carbocycles. The van der Waals surface area contributed by atoms with Gasteiger partial charge in [-0.1, -0.05) is 52.0 Å². The molecule has 0 heterocycles. The van der Waals surface area contributed by atoms with Crippen molar-refractivity contribution in [1.82, 2.24) is 0 Å². The van der Waals surface area contributed by atoms with Gasteiger partial charge in [0, 0.05) is 5.38 Å². The predicted molar refractivity (Wildman–Crippen MR) is 73.2 cm³/mol. The Balaban J connectivity index is 2.48. The molecule has 0 aromatic heterocycles. The van der Waals surface area contributed by atoms with Gasteiger partial charge in [-0.2, -0.15) is 0 Å². The van der Waals surface area contributed by atoms with E-state index in [1.807, 2.05) is 0 Å². The van der Waals surface area contributed by atoms with Crippen LogP contribution in [0.4, 0.5) is 0 Å². The zero-order chi connectivity index (χ0) is 12.2. The van der Waals surface area contributed by atoms with Gasteiger partial charge < -0.3 is 0 Å². The summed E-state index contributed by atoms with van der Waals surface area (Å²) in [6.07, 6.45) is 3.24. The maximum atomic E-state index is 6.37. The third kappa shape index (κ3) is 4.17. The molecule has 0 fully saturated rings. The van der Waals surface area contributed by atoms with Gasteiger partial charge in [0.15, 0.2) is 0 Å². The highest BCUT2D eigenvalue weighted by atomic mass is 35.5. The Hall–Kier alpha value is -0.490. The first-order valence-electron chi connectivity index (χ1n) is 6.15. The molecule has 0 aliphatic heterocycles. The Labute approximate surface area is 105 Å². The van der Waals surface area contributed by atoms with Crippen molar-refractivity contribution >= 4 is 11.6 Å². The van der Waals surface area contributed by atoms with Crippen LogP contribution in [-0.2, 0) is 12.8 Å². The molecule has 0 amide bonds. The summed E-state index contributed by atoms with van der Waals surface area (Å²) in [7, 11) is 0. The predicted octanol–water partition coefficient (Wildman–Crippen LogP) is 4.84. The Bertz CT molecular complexity index is 305. The molecular formula is C15H23Cl. The van der Waals surface area contributed by atoms with Gasteiger partial charge in [-0.15, -0.1) is 11.6 Å². The molecule has 1 atom stereocenters. The molecule has 16 heavy (non-hydrogen) atoms. The highest BCUT2D eigenvalue weighted by molar-refractivity contribution is 6.21. The van der Waals surface area contributed by atoms with E-state index < -0.39 is 0 Å². The molecule has 0 radical (unpaired) electrons. The van der Waals surface area contributed by atoms with Crippen molar-refractivity contribution in [2.75, 3.05) is 0 Å². The molecule has 0 N–H and O–H groups in total. The Morgan fingerprint density at radius 3 is 2.00 bits per heavy atom. The summed E-state index contributed by atoms with van der Waals surface area (Å²) in [5.41, 5.74) is 3.00. The minimum absolute atomic E-state index is 0.199. The molecule has 90 valence electrons. The van der Waals surface area contributed by atoms with Crippen LogP contribution in [0.25, 0.3) is 0 Å². The van der Waals surface area contributed by atoms with Crippen molar-refractivity contribution in [2.24, 2.45) is 5.41 Å². The molecule has 0 bridgehead atoms. The van der Waals surface area contributed by atoms with Crippen LogP contribution in [0.1, 0.15) is 45.2 Å². The fourth-order valence-electron chi connectivity index (χ4n) is 1.67. The monoisotopic (exact) mass is 238 g/mol. The lowest BCUT2D eigenvalue weighted by Crippen LogP contribution is -2.21. The fraction of sp³-hybridized carbons (Fsp3) is 0.600. The Kier molecular flexibility index (Phi) is 4.86. The van der Waals surface area contributed by atoms with Crippen molar-refractivity contribution in [1.29, 1.82) is 0 Å². The van der Waals surface area contributed by atoms with Crippen molar-refractivity contribution in [2.45, 2.75) is 52.3 Å². The summed E-state index contributed by atoms with van der Waals surface area (Å²) in [6, 6.07) is 8.89. The largest absolute Gasteiger partial charge is 0.122 e. The third-order valence-corrected chi connectivity index (χ3v) is 3.93. The lowest BCUT2D eigenvalue weighted by Gasteiger charge is -2.25. The van der Waals surface area contributed by atoms with Crippen molar-refractivity contribution in [3.05, 3.63) is 35.4 Å². The van der Waals surface area contributed by atoms with E-state index >= 15 is 0 Å². The van der Waals surface area contributed by atoms with Gasteiger partial charge in [0.25, 0.3) is 0 Å². The average molecular weight is 239 g/mol. The topological polar surface area (TPSA) is 0 Å². The molecule has 1 rings (SSSR count).